The van der Waals surface area contributed by atoms with Crippen LogP contribution in [0.15, 0.2) is 0 Å². The molecule has 0 bridgehead atoms. The van der Waals surface area contributed by atoms with Crippen molar-refractivity contribution in [3.05, 3.63) is 0 Å². The fraction of sp³-hybridized carbons (Fsp3) is 1.00. The molecule has 0 aromatic carbocycles. The molecule has 0 amide bonds. The van der Waals surface area contributed by atoms with Crippen LogP contribution in [0.4, 0.5) is 0 Å². The van der Waals surface area contributed by atoms with Gasteiger partial charge in [-0.15, -0.1) is 0 Å². The summed E-state index contributed by atoms with van der Waals surface area (Å²) in [7, 11) is -3.01. The minimum Gasteiger partial charge on any atom is -0.295 e. The molecule has 1 fully saturated rings. The Kier molecular flexibility index (Phi) is 4.03. The van der Waals surface area contributed by atoms with Crippen LogP contribution in [0, 0.1) is 5.92 Å². The summed E-state index contributed by atoms with van der Waals surface area (Å²) in [6, 6.07) is 0. The van der Waals surface area contributed by atoms with Gasteiger partial charge >= 0.3 is 0 Å². The Morgan fingerprint density at radius 3 is 1.81 bits per heavy atom. The summed E-state index contributed by atoms with van der Waals surface area (Å²) in [6.07, 6.45) is 1.29. The molecule has 0 saturated carbocycles. The zero-order valence-electron chi connectivity index (χ0n) is 11.0. The van der Waals surface area contributed by atoms with Crippen molar-refractivity contribution < 1.29 is 8.42 Å². The van der Waals surface area contributed by atoms with Crippen molar-refractivity contribution in [1.29, 1.82) is 0 Å². The van der Waals surface area contributed by atoms with Crippen LogP contribution in [0.5, 0.6) is 0 Å². The molecule has 16 heavy (non-hydrogen) atoms. The summed E-state index contributed by atoms with van der Waals surface area (Å²) >= 11 is 0. The SMILES string of the molecule is CC(C)C(C)(C)N1CCN(S(C)(=O)=O)CC1. The molecule has 5 heteroatoms. The van der Waals surface area contributed by atoms with E-state index in [1.807, 2.05) is 0 Å². The van der Waals surface area contributed by atoms with Crippen LogP contribution in [0.25, 0.3) is 0 Å². The van der Waals surface area contributed by atoms with Crippen molar-refractivity contribution in [3.63, 3.8) is 0 Å². The highest BCUT2D eigenvalue weighted by Gasteiger charge is 2.34. The van der Waals surface area contributed by atoms with Crippen molar-refractivity contribution >= 4 is 10.0 Å². The minimum absolute atomic E-state index is 0.142. The summed E-state index contributed by atoms with van der Waals surface area (Å²) in [4.78, 5) is 2.39. The van der Waals surface area contributed by atoms with Gasteiger partial charge in [0.2, 0.25) is 10.0 Å². The van der Waals surface area contributed by atoms with E-state index in [2.05, 4.69) is 32.6 Å². The third-order valence-electron chi connectivity index (χ3n) is 3.94. The highest BCUT2D eigenvalue weighted by Crippen LogP contribution is 2.25. The van der Waals surface area contributed by atoms with Crippen molar-refractivity contribution in [3.8, 4) is 0 Å². The lowest BCUT2D eigenvalue weighted by molar-refractivity contribution is 0.0461. The van der Waals surface area contributed by atoms with Crippen molar-refractivity contribution in [2.24, 2.45) is 5.92 Å². The first-order valence-electron chi connectivity index (χ1n) is 5.86. The molecule has 1 aliphatic rings. The Hall–Kier alpha value is -0.130. The van der Waals surface area contributed by atoms with Gasteiger partial charge in [-0.25, -0.2) is 8.42 Å². The fourth-order valence-corrected chi connectivity index (χ4v) is 2.79. The Morgan fingerprint density at radius 2 is 1.50 bits per heavy atom. The van der Waals surface area contributed by atoms with Gasteiger partial charge in [-0.1, -0.05) is 13.8 Å². The zero-order valence-corrected chi connectivity index (χ0v) is 11.8. The Bertz CT molecular complexity index is 328. The maximum atomic E-state index is 11.4. The summed E-state index contributed by atoms with van der Waals surface area (Å²) < 4.78 is 24.3. The predicted molar refractivity (Wildman–Crippen MR) is 66.9 cm³/mol. The maximum absolute atomic E-state index is 11.4. The van der Waals surface area contributed by atoms with Gasteiger partial charge in [0.1, 0.15) is 0 Å². The number of rotatable bonds is 3. The monoisotopic (exact) mass is 248 g/mol. The van der Waals surface area contributed by atoms with E-state index in [-0.39, 0.29) is 5.54 Å². The molecule has 0 aromatic heterocycles. The third-order valence-corrected chi connectivity index (χ3v) is 5.24. The van der Waals surface area contributed by atoms with E-state index in [4.69, 9.17) is 0 Å². The van der Waals surface area contributed by atoms with Crippen LogP contribution < -0.4 is 0 Å². The van der Waals surface area contributed by atoms with Gasteiger partial charge in [0.05, 0.1) is 6.26 Å². The summed E-state index contributed by atoms with van der Waals surface area (Å²) in [5.41, 5.74) is 0.142. The molecule has 0 radical (unpaired) electrons. The topological polar surface area (TPSA) is 40.6 Å². The van der Waals surface area contributed by atoms with Crippen molar-refractivity contribution in [2.45, 2.75) is 33.2 Å². The quantitative estimate of drug-likeness (QED) is 0.748. The molecule has 0 unspecified atom stereocenters. The molecule has 1 saturated heterocycles. The lowest BCUT2D eigenvalue weighted by Gasteiger charge is -2.45. The van der Waals surface area contributed by atoms with E-state index in [1.54, 1.807) is 4.31 Å². The summed E-state index contributed by atoms with van der Waals surface area (Å²) in [5, 5.41) is 0. The van der Waals surface area contributed by atoms with Gasteiger partial charge in [-0.3, -0.25) is 4.90 Å². The third kappa shape index (κ3) is 2.96. The van der Waals surface area contributed by atoms with E-state index in [0.717, 1.165) is 13.1 Å². The number of piperazine rings is 1. The highest BCUT2D eigenvalue weighted by molar-refractivity contribution is 7.88. The molecule has 1 heterocycles. The van der Waals surface area contributed by atoms with Gasteiger partial charge in [0.25, 0.3) is 0 Å². The number of nitrogens with zero attached hydrogens (tertiary/aromatic N) is 2. The first kappa shape index (κ1) is 13.9. The van der Waals surface area contributed by atoms with Crippen LogP contribution in [-0.2, 0) is 10.0 Å². The molecule has 1 rings (SSSR count). The molecular formula is C11H24N2O2S. The number of hydrogen-bond donors (Lipinski definition) is 0. The second-order valence-electron chi connectivity index (χ2n) is 5.46. The van der Waals surface area contributed by atoms with Gasteiger partial charge in [-0.05, 0) is 19.8 Å². The van der Waals surface area contributed by atoms with Crippen molar-refractivity contribution in [2.75, 3.05) is 32.4 Å². The fourth-order valence-electron chi connectivity index (χ4n) is 1.96. The molecule has 0 N–H and O–H groups in total. The normalized spacial score (nSPS) is 21.6. The number of sulfonamides is 1. The first-order valence-corrected chi connectivity index (χ1v) is 7.70. The average molecular weight is 248 g/mol. The first-order chi connectivity index (χ1) is 7.15. The van der Waals surface area contributed by atoms with Gasteiger partial charge in [0.15, 0.2) is 0 Å². The van der Waals surface area contributed by atoms with Gasteiger partial charge in [-0.2, -0.15) is 4.31 Å². The van der Waals surface area contributed by atoms with Crippen LogP contribution in [0.1, 0.15) is 27.7 Å². The largest absolute Gasteiger partial charge is 0.295 e. The highest BCUT2D eigenvalue weighted by atomic mass is 32.2. The van der Waals surface area contributed by atoms with E-state index in [0.29, 0.717) is 19.0 Å². The smallest absolute Gasteiger partial charge is 0.211 e. The molecular weight excluding hydrogens is 224 g/mol. The van der Waals surface area contributed by atoms with Gasteiger partial charge in [0, 0.05) is 31.7 Å². The van der Waals surface area contributed by atoms with Crippen LogP contribution in [-0.4, -0.2) is 55.6 Å². The minimum atomic E-state index is -3.01. The second kappa shape index (κ2) is 4.63. The standard InChI is InChI=1S/C11H24N2O2S/c1-10(2)11(3,4)12-6-8-13(9-7-12)16(5,14)15/h10H,6-9H2,1-5H3. The Balaban J connectivity index is 2.63. The summed E-state index contributed by atoms with van der Waals surface area (Å²) in [6.45, 7) is 11.8. The average Bonchev–Trinajstić information content (AvgIpc) is 2.16. The van der Waals surface area contributed by atoms with E-state index in [9.17, 15) is 8.42 Å². The Labute approximate surface area is 99.7 Å². The maximum Gasteiger partial charge on any atom is 0.211 e. The van der Waals surface area contributed by atoms with E-state index >= 15 is 0 Å². The second-order valence-corrected chi connectivity index (χ2v) is 7.44. The van der Waals surface area contributed by atoms with Gasteiger partial charge < -0.3 is 0 Å². The molecule has 4 nitrogen and oxygen atoms in total. The van der Waals surface area contributed by atoms with Crippen LogP contribution in [0.3, 0.4) is 0 Å². The van der Waals surface area contributed by atoms with Crippen LogP contribution in [0.2, 0.25) is 0 Å². The lowest BCUT2D eigenvalue weighted by Crippen LogP contribution is -2.57. The molecule has 0 aliphatic carbocycles. The van der Waals surface area contributed by atoms with E-state index in [1.165, 1.54) is 6.26 Å². The molecule has 0 aromatic rings. The van der Waals surface area contributed by atoms with E-state index < -0.39 is 10.0 Å². The lowest BCUT2D eigenvalue weighted by atomic mass is 9.88. The van der Waals surface area contributed by atoms with Crippen molar-refractivity contribution in [1.82, 2.24) is 9.21 Å². The van der Waals surface area contributed by atoms with Crippen LogP contribution >= 0.6 is 0 Å². The molecule has 0 spiro atoms. The predicted octanol–water partition coefficient (Wildman–Crippen LogP) is 0.998. The summed E-state index contributed by atoms with van der Waals surface area (Å²) in [5.74, 6) is 0.567. The zero-order chi connectivity index (χ0) is 12.6. The number of hydrogen-bond acceptors (Lipinski definition) is 3. The molecule has 96 valence electrons. The molecule has 0 atom stereocenters. The Morgan fingerprint density at radius 1 is 1.06 bits per heavy atom. The molecule has 1 aliphatic heterocycles.